The lowest BCUT2D eigenvalue weighted by molar-refractivity contribution is 0.295. The smallest absolute Gasteiger partial charge is 0.297 e. The molecule has 0 saturated heterocycles. The van der Waals surface area contributed by atoms with Gasteiger partial charge in [-0.15, -0.1) is 0 Å². The predicted molar refractivity (Wildman–Crippen MR) is 92.4 cm³/mol. The zero-order valence-electron chi connectivity index (χ0n) is 13.2. The second-order valence-electron chi connectivity index (χ2n) is 5.68. The summed E-state index contributed by atoms with van der Waals surface area (Å²) in [7, 11) is 0. The number of hydrogen-bond donors (Lipinski definition) is 0. The van der Waals surface area contributed by atoms with Gasteiger partial charge in [0.05, 0.1) is 12.9 Å². The van der Waals surface area contributed by atoms with Crippen LogP contribution in [0, 0.1) is 6.92 Å². The summed E-state index contributed by atoms with van der Waals surface area (Å²) < 4.78 is 12.9. The Labute approximate surface area is 138 Å². The quantitative estimate of drug-likeness (QED) is 0.577. The highest BCUT2D eigenvalue weighted by Crippen LogP contribution is 2.24. The van der Waals surface area contributed by atoms with Gasteiger partial charge in [-0.25, -0.2) is 4.98 Å². The van der Waals surface area contributed by atoms with E-state index in [-0.39, 0.29) is 11.1 Å². The molecule has 0 amide bonds. The summed E-state index contributed by atoms with van der Waals surface area (Å²) in [4.78, 5) is 16.9. The average Bonchev–Trinajstić information content (AvgIpc) is 2.98. The van der Waals surface area contributed by atoms with Gasteiger partial charge in [0.15, 0.2) is 0 Å². The number of aromatic nitrogens is 2. The maximum atomic E-state index is 12.6. The van der Waals surface area contributed by atoms with E-state index < -0.39 is 0 Å². The Morgan fingerprint density at radius 3 is 2.75 bits per heavy atom. The first-order valence-corrected chi connectivity index (χ1v) is 7.78. The van der Waals surface area contributed by atoms with Crippen LogP contribution < -0.4 is 10.3 Å². The summed E-state index contributed by atoms with van der Waals surface area (Å²) in [5, 5.41) is 0.854. The summed E-state index contributed by atoms with van der Waals surface area (Å²) >= 11 is 0. The van der Waals surface area contributed by atoms with Crippen molar-refractivity contribution < 1.29 is 9.15 Å². The number of para-hydroxylation sites is 1. The van der Waals surface area contributed by atoms with Gasteiger partial charge >= 0.3 is 0 Å². The van der Waals surface area contributed by atoms with Crippen molar-refractivity contribution in [3.63, 3.8) is 0 Å². The molecule has 0 fully saturated rings. The van der Waals surface area contributed by atoms with E-state index in [0.29, 0.717) is 24.3 Å². The molecule has 5 heteroatoms. The molecule has 0 bridgehead atoms. The van der Waals surface area contributed by atoms with Crippen LogP contribution in [-0.2, 0) is 6.54 Å². The first-order chi connectivity index (χ1) is 11.7. The van der Waals surface area contributed by atoms with Crippen LogP contribution >= 0.6 is 0 Å². The first-order valence-electron chi connectivity index (χ1n) is 7.78. The lowest BCUT2D eigenvalue weighted by atomic mass is 10.2. The summed E-state index contributed by atoms with van der Waals surface area (Å²) in [6, 6.07) is 15.3. The molecule has 2 heterocycles. The molecule has 0 saturated carbocycles. The highest BCUT2D eigenvalue weighted by molar-refractivity contribution is 6.01. The van der Waals surface area contributed by atoms with E-state index in [1.165, 1.54) is 10.1 Å². The van der Waals surface area contributed by atoms with Crippen molar-refractivity contribution in [2.24, 2.45) is 0 Å². The van der Waals surface area contributed by atoms with Crippen molar-refractivity contribution in [3.05, 3.63) is 70.8 Å². The summed E-state index contributed by atoms with van der Waals surface area (Å²) in [6.45, 7) is 2.82. The molecule has 4 aromatic rings. The number of benzene rings is 2. The monoisotopic (exact) mass is 320 g/mol. The van der Waals surface area contributed by atoms with Gasteiger partial charge in [0, 0.05) is 5.39 Å². The van der Waals surface area contributed by atoms with Crippen molar-refractivity contribution >= 4 is 22.1 Å². The number of fused-ring (bicyclic) bond motifs is 3. The van der Waals surface area contributed by atoms with Crippen molar-refractivity contribution in [1.82, 2.24) is 9.55 Å². The van der Waals surface area contributed by atoms with Gasteiger partial charge in [0.1, 0.15) is 23.5 Å². The van der Waals surface area contributed by atoms with Gasteiger partial charge in [0.2, 0.25) is 5.58 Å². The van der Waals surface area contributed by atoms with Gasteiger partial charge in [0.25, 0.3) is 5.56 Å². The van der Waals surface area contributed by atoms with Crippen LogP contribution in [-0.4, -0.2) is 16.2 Å². The fraction of sp³-hybridized carbons (Fsp3) is 0.158. The molecule has 0 atom stereocenters. The van der Waals surface area contributed by atoms with Crippen LogP contribution in [0.25, 0.3) is 22.1 Å². The number of aryl methyl sites for hydroxylation is 1. The molecule has 2 aromatic heterocycles. The van der Waals surface area contributed by atoms with Crippen LogP contribution in [0.5, 0.6) is 5.75 Å². The first kappa shape index (κ1) is 14.5. The Morgan fingerprint density at radius 1 is 1.12 bits per heavy atom. The van der Waals surface area contributed by atoms with Crippen LogP contribution in [0.3, 0.4) is 0 Å². The predicted octanol–water partition coefficient (Wildman–Crippen LogP) is 3.53. The fourth-order valence-electron chi connectivity index (χ4n) is 2.67. The highest BCUT2D eigenvalue weighted by Gasteiger charge is 2.12. The third-order valence-corrected chi connectivity index (χ3v) is 3.97. The van der Waals surface area contributed by atoms with E-state index in [1.807, 2.05) is 55.5 Å². The largest absolute Gasteiger partial charge is 0.492 e. The fourth-order valence-corrected chi connectivity index (χ4v) is 2.67. The summed E-state index contributed by atoms with van der Waals surface area (Å²) in [5.74, 6) is 0.784. The van der Waals surface area contributed by atoms with Crippen molar-refractivity contribution in [2.75, 3.05) is 6.61 Å². The van der Waals surface area contributed by atoms with E-state index in [9.17, 15) is 4.79 Å². The SMILES string of the molecule is Cc1ccc(OCCn2cnc3c(oc4ccccc43)c2=O)cc1. The standard InChI is InChI=1S/C19H16N2O3/c1-13-6-8-14(9-7-13)23-11-10-21-12-20-17-15-4-2-3-5-16(15)24-18(17)19(21)22/h2-9,12H,10-11H2,1H3. The Morgan fingerprint density at radius 2 is 1.92 bits per heavy atom. The Kier molecular flexibility index (Phi) is 3.54. The molecule has 0 aliphatic rings. The molecular weight excluding hydrogens is 304 g/mol. The van der Waals surface area contributed by atoms with Gasteiger partial charge in [-0.2, -0.15) is 0 Å². The van der Waals surface area contributed by atoms with Crippen LogP contribution in [0.2, 0.25) is 0 Å². The minimum Gasteiger partial charge on any atom is -0.492 e. The Bertz CT molecular complexity index is 1060. The molecule has 0 aliphatic heterocycles. The number of nitrogens with zero attached hydrogens (tertiary/aromatic N) is 2. The molecule has 4 rings (SSSR count). The molecule has 0 N–H and O–H groups in total. The molecule has 0 spiro atoms. The lowest BCUT2D eigenvalue weighted by Crippen LogP contribution is -2.23. The summed E-state index contributed by atoms with van der Waals surface area (Å²) in [6.07, 6.45) is 1.55. The number of furan rings is 1. The second kappa shape index (κ2) is 5.85. The maximum absolute atomic E-state index is 12.6. The molecule has 120 valence electrons. The molecule has 24 heavy (non-hydrogen) atoms. The van der Waals surface area contributed by atoms with Gasteiger partial charge in [-0.3, -0.25) is 9.36 Å². The molecule has 5 nitrogen and oxygen atoms in total. The second-order valence-corrected chi connectivity index (χ2v) is 5.68. The Hall–Kier alpha value is -3.08. The van der Waals surface area contributed by atoms with Gasteiger partial charge < -0.3 is 9.15 Å². The minimum absolute atomic E-state index is 0.191. The highest BCUT2D eigenvalue weighted by atomic mass is 16.5. The molecular formula is C19H16N2O3. The normalized spacial score (nSPS) is 11.2. The topological polar surface area (TPSA) is 57.3 Å². The van der Waals surface area contributed by atoms with E-state index in [2.05, 4.69) is 4.98 Å². The third-order valence-electron chi connectivity index (χ3n) is 3.97. The van der Waals surface area contributed by atoms with Crippen LogP contribution in [0.4, 0.5) is 0 Å². The molecule has 0 aliphatic carbocycles. The Balaban J connectivity index is 1.58. The molecule has 0 radical (unpaired) electrons. The number of hydrogen-bond acceptors (Lipinski definition) is 4. The molecule has 0 unspecified atom stereocenters. The zero-order valence-corrected chi connectivity index (χ0v) is 13.2. The number of rotatable bonds is 4. The maximum Gasteiger partial charge on any atom is 0.297 e. The van der Waals surface area contributed by atoms with Crippen LogP contribution in [0.15, 0.2) is 64.1 Å². The number of ether oxygens (including phenoxy) is 1. The van der Waals surface area contributed by atoms with Crippen molar-refractivity contribution in [1.29, 1.82) is 0 Å². The lowest BCUT2D eigenvalue weighted by Gasteiger charge is -2.08. The van der Waals surface area contributed by atoms with Crippen LogP contribution in [0.1, 0.15) is 5.56 Å². The average molecular weight is 320 g/mol. The van der Waals surface area contributed by atoms with Gasteiger partial charge in [-0.1, -0.05) is 29.8 Å². The third kappa shape index (κ3) is 2.54. The van der Waals surface area contributed by atoms with E-state index in [4.69, 9.17) is 9.15 Å². The van der Waals surface area contributed by atoms with Crippen molar-refractivity contribution in [3.8, 4) is 5.75 Å². The molecule has 2 aromatic carbocycles. The van der Waals surface area contributed by atoms with Crippen molar-refractivity contribution in [2.45, 2.75) is 13.5 Å². The minimum atomic E-state index is -0.191. The van der Waals surface area contributed by atoms with E-state index in [0.717, 1.165) is 11.1 Å². The zero-order chi connectivity index (χ0) is 16.5. The summed E-state index contributed by atoms with van der Waals surface area (Å²) in [5.41, 5.74) is 2.55. The van der Waals surface area contributed by atoms with Gasteiger partial charge in [-0.05, 0) is 31.2 Å². The van der Waals surface area contributed by atoms with E-state index in [1.54, 1.807) is 6.33 Å². The van der Waals surface area contributed by atoms with E-state index >= 15 is 0 Å².